The highest BCUT2D eigenvalue weighted by Crippen LogP contribution is 2.21. The van der Waals surface area contributed by atoms with Gasteiger partial charge in [-0.25, -0.2) is 4.98 Å². The van der Waals surface area contributed by atoms with Gasteiger partial charge in [-0.2, -0.15) is 0 Å². The van der Waals surface area contributed by atoms with Gasteiger partial charge in [0.15, 0.2) is 0 Å². The number of hydrogen-bond acceptors (Lipinski definition) is 2. The maximum absolute atomic E-state index is 5.74. The molecule has 0 aliphatic carbocycles. The van der Waals surface area contributed by atoms with E-state index in [-0.39, 0.29) is 0 Å². The fraction of sp³-hybridized carbons (Fsp3) is 0.118. The van der Waals surface area contributed by atoms with Crippen molar-refractivity contribution in [3.8, 4) is 11.4 Å². The molecule has 0 fully saturated rings. The Morgan fingerprint density at radius 1 is 1.00 bits per heavy atom. The Labute approximate surface area is 118 Å². The second-order valence-corrected chi connectivity index (χ2v) is 4.94. The quantitative estimate of drug-likeness (QED) is 0.735. The van der Waals surface area contributed by atoms with Gasteiger partial charge in [-0.05, 0) is 36.8 Å². The molecule has 0 amide bonds. The second kappa shape index (κ2) is 5.21. The molecule has 1 aromatic heterocycles. The molecule has 0 unspecified atom stereocenters. The average Bonchev–Trinajstić information content (AvgIpc) is 2.81. The molecule has 1 heterocycles. The van der Waals surface area contributed by atoms with Gasteiger partial charge in [0.05, 0.1) is 5.69 Å². The molecule has 0 bridgehead atoms. The summed E-state index contributed by atoms with van der Waals surface area (Å²) in [4.78, 5) is 4.63. The fourth-order valence-electron chi connectivity index (χ4n) is 2.31. The van der Waals surface area contributed by atoms with Crippen molar-refractivity contribution in [1.82, 2.24) is 9.55 Å². The van der Waals surface area contributed by atoms with Crippen LogP contribution in [0.5, 0.6) is 0 Å². The van der Waals surface area contributed by atoms with Crippen molar-refractivity contribution in [1.29, 1.82) is 0 Å². The Kier molecular flexibility index (Phi) is 3.25. The smallest absolute Gasteiger partial charge is 0.140 e. The number of aryl methyl sites for hydroxylation is 1. The van der Waals surface area contributed by atoms with E-state index in [4.69, 9.17) is 5.73 Å². The molecular formula is C17H17N3. The zero-order valence-electron chi connectivity index (χ0n) is 11.5. The summed E-state index contributed by atoms with van der Waals surface area (Å²) in [6.45, 7) is 2.84. The van der Waals surface area contributed by atoms with Crippen LogP contribution in [-0.4, -0.2) is 9.55 Å². The van der Waals surface area contributed by atoms with Gasteiger partial charge >= 0.3 is 0 Å². The summed E-state index contributed by atoms with van der Waals surface area (Å²) in [5, 5.41) is 0. The third kappa shape index (κ3) is 2.57. The molecule has 3 rings (SSSR count). The molecule has 100 valence electrons. The molecule has 3 heteroatoms. The topological polar surface area (TPSA) is 43.8 Å². The molecule has 0 aliphatic rings. The minimum absolute atomic E-state index is 0.770. The van der Waals surface area contributed by atoms with Crippen molar-refractivity contribution in [3.05, 3.63) is 72.1 Å². The van der Waals surface area contributed by atoms with Crippen LogP contribution in [0.1, 0.15) is 11.3 Å². The first kappa shape index (κ1) is 12.5. The maximum atomic E-state index is 5.74. The van der Waals surface area contributed by atoms with E-state index in [1.54, 1.807) is 0 Å². The molecule has 0 atom stereocenters. The molecular weight excluding hydrogens is 246 g/mol. The average molecular weight is 263 g/mol. The highest BCUT2D eigenvalue weighted by Gasteiger charge is 2.08. The monoisotopic (exact) mass is 263 g/mol. The molecule has 0 saturated carbocycles. The van der Waals surface area contributed by atoms with Crippen molar-refractivity contribution >= 4 is 5.69 Å². The first-order chi connectivity index (χ1) is 9.72. The standard InChI is InChI=1S/C17H17N3/c1-13-11-20(12-14-5-3-2-4-6-14)17(19-13)15-7-9-16(18)10-8-15/h2-11H,12,18H2,1H3. The summed E-state index contributed by atoms with van der Waals surface area (Å²) >= 11 is 0. The fourth-order valence-corrected chi connectivity index (χ4v) is 2.31. The van der Waals surface area contributed by atoms with E-state index in [1.807, 2.05) is 37.3 Å². The molecule has 2 N–H and O–H groups in total. The molecule has 0 spiro atoms. The Hall–Kier alpha value is -2.55. The van der Waals surface area contributed by atoms with Crippen LogP contribution in [0.15, 0.2) is 60.8 Å². The van der Waals surface area contributed by atoms with E-state index in [1.165, 1.54) is 5.56 Å². The number of imidazole rings is 1. The minimum atomic E-state index is 0.770. The van der Waals surface area contributed by atoms with Gasteiger partial charge in [-0.15, -0.1) is 0 Å². The molecule has 3 aromatic rings. The molecule has 0 aliphatic heterocycles. The number of hydrogen-bond donors (Lipinski definition) is 1. The largest absolute Gasteiger partial charge is 0.399 e. The van der Waals surface area contributed by atoms with Gasteiger partial charge in [-0.3, -0.25) is 0 Å². The van der Waals surface area contributed by atoms with Crippen LogP contribution in [0.4, 0.5) is 5.69 Å². The van der Waals surface area contributed by atoms with Gasteiger partial charge in [0.2, 0.25) is 0 Å². The Balaban J connectivity index is 1.98. The number of nitrogens with two attached hydrogens (primary N) is 1. The van der Waals surface area contributed by atoms with Crippen LogP contribution in [0.3, 0.4) is 0 Å². The minimum Gasteiger partial charge on any atom is -0.399 e. The van der Waals surface area contributed by atoms with Gasteiger partial charge in [0, 0.05) is 24.0 Å². The van der Waals surface area contributed by atoms with E-state index in [0.717, 1.165) is 29.3 Å². The van der Waals surface area contributed by atoms with Crippen LogP contribution < -0.4 is 5.73 Å². The van der Waals surface area contributed by atoms with Gasteiger partial charge < -0.3 is 10.3 Å². The van der Waals surface area contributed by atoms with E-state index in [9.17, 15) is 0 Å². The van der Waals surface area contributed by atoms with E-state index in [0.29, 0.717) is 0 Å². The molecule has 2 aromatic carbocycles. The van der Waals surface area contributed by atoms with Crippen LogP contribution in [0.2, 0.25) is 0 Å². The predicted molar refractivity (Wildman–Crippen MR) is 82.4 cm³/mol. The van der Waals surface area contributed by atoms with Crippen molar-refractivity contribution in [2.24, 2.45) is 0 Å². The molecule has 3 nitrogen and oxygen atoms in total. The lowest BCUT2D eigenvalue weighted by molar-refractivity contribution is 0.806. The zero-order valence-corrected chi connectivity index (χ0v) is 11.5. The summed E-state index contributed by atoms with van der Waals surface area (Å²) in [7, 11) is 0. The Morgan fingerprint density at radius 3 is 2.40 bits per heavy atom. The number of benzene rings is 2. The maximum Gasteiger partial charge on any atom is 0.140 e. The number of anilines is 1. The van der Waals surface area contributed by atoms with Gasteiger partial charge in [-0.1, -0.05) is 30.3 Å². The van der Waals surface area contributed by atoms with Crippen molar-refractivity contribution in [2.45, 2.75) is 13.5 Å². The van der Waals surface area contributed by atoms with E-state index in [2.05, 4.69) is 40.0 Å². The molecule has 0 saturated heterocycles. The van der Waals surface area contributed by atoms with E-state index >= 15 is 0 Å². The van der Waals surface area contributed by atoms with Gasteiger partial charge in [0.25, 0.3) is 0 Å². The van der Waals surface area contributed by atoms with Crippen molar-refractivity contribution < 1.29 is 0 Å². The van der Waals surface area contributed by atoms with Crippen LogP contribution in [-0.2, 0) is 6.54 Å². The first-order valence-corrected chi connectivity index (χ1v) is 6.66. The summed E-state index contributed by atoms with van der Waals surface area (Å²) in [6.07, 6.45) is 2.08. The zero-order chi connectivity index (χ0) is 13.9. The number of nitrogen functional groups attached to an aromatic ring is 1. The van der Waals surface area contributed by atoms with Crippen LogP contribution >= 0.6 is 0 Å². The summed E-state index contributed by atoms with van der Waals surface area (Å²) in [6, 6.07) is 18.2. The van der Waals surface area contributed by atoms with Crippen LogP contribution in [0.25, 0.3) is 11.4 Å². The van der Waals surface area contributed by atoms with Crippen molar-refractivity contribution in [3.63, 3.8) is 0 Å². The number of aromatic nitrogens is 2. The Bertz CT molecular complexity index is 697. The highest BCUT2D eigenvalue weighted by molar-refractivity contribution is 5.59. The first-order valence-electron chi connectivity index (χ1n) is 6.66. The van der Waals surface area contributed by atoms with E-state index < -0.39 is 0 Å². The molecule has 0 radical (unpaired) electrons. The summed E-state index contributed by atoms with van der Waals surface area (Å²) in [5.41, 5.74) is 9.89. The number of nitrogens with zero attached hydrogens (tertiary/aromatic N) is 2. The number of rotatable bonds is 3. The Morgan fingerprint density at radius 2 is 1.70 bits per heavy atom. The predicted octanol–water partition coefficient (Wildman–Crippen LogP) is 3.49. The summed E-state index contributed by atoms with van der Waals surface area (Å²) in [5.74, 6) is 0.978. The SMILES string of the molecule is Cc1cn(Cc2ccccc2)c(-c2ccc(N)cc2)n1. The molecule has 20 heavy (non-hydrogen) atoms. The third-order valence-corrected chi connectivity index (χ3v) is 3.26. The third-order valence-electron chi connectivity index (χ3n) is 3.26. The highest BCUT2D eigenvalue weighted by atomic mass is 15.1. The van der Waals surface area contributed by atoms with Crippen LogP contribution in [0, 0.1) is 6.92 Å². The van der Waals surface area contributed by atoms with Gasteiger partial charge in [0.1, 0.15) is 5.82 Å². The van der Waals surface area contributed by atoms with Crippen molar-refractivity contribution in [2.75, 3.05) is 5.73 Å². The summed E-state index contributed by atoms with van der Waals surface area (Å²) < 4.78 is 2.18. The normalized spacial score (nSPS) is 10.7. The lowest BCUT2D eigenvalue weighted by Gasteiger charge is -2.08. The lowest BCUT2D eigenvalue weighted by Crippen LogP contribution is -2.01. The second-order valence-electron chi connectivity index (χ2n) is 4.94. The lowest BCUT2D eigenvalue weighted by atomic mass is 10.2.